The third-order valence-electron chi connectivity index (χ3n) is 3.71. The molecule has 0 saturated heterocycles. The highest BCUT2D eigenvalue weighted by Gasteiger charge is 2.18. The summed E-state index contributed by atoms with van der Waals surface area (Å²) >= 11 is 0. The van der Waals surface area contributed by atoms with E-state index in [9.17, 15) is 9.90 Å². The number of aliphatic carboxylic acids is 1. The molecule has 0 amide bonds. The van der Waals surface area contributed by atoms with Gasteiger partial charge in [-0.3, -0.25) is 10.1 Å². The second-order valence-electron chi connectivity index (χ2n) is 6.09. The van der Waals surface area contributed by atoms with E-state index in [0.717, 1.165) is 16.7 Å². The van der Waals surface area contributed by atoms with Gasteiger partial charge in [0.1, 0.15) is 17.4 Å². The van der Waals surface area contributed by atoms with Crippen molar-refractivity contribution in [2.24, 2.45) is 5.92 Å². The fourth-order valence-electron chi connectivity index (χ4n) is 2.41. The lowest BCUT2D eigenvalue weighted by Crippen LogP contribution is -2.37. The Morgan fingerprint density at radius 1 is 1.24 bits per heavy atom. The van der Waals surface area contributed by atoms with Crippen LogP contribution in [-0.4, -0.2) is 17.1 Å². The number of hydrogen-bond donors (Lipinski definition) is 2. The topological polar surface area (TPSA) is 62.5 Å². The Morgan fingerprint density at radius 2 is 1.90 bits per heavy atom. The summed E-state index contributed by atoms with van der Waals surface area (Å²) < 4.78 is 5.78. The van der Waals surface area contributed by atoms with E-state index in [4.69, 9.17) is 4.42 Å². The van der Waals surface area contributed by atoms with Gasteiger partial charge in [-0.1, -0.05) is 13.8 Å². The smallest absolute Gasteiger partial charge is 0.320 e. The lowest BCUT2D eigenvalue weighted by atomic mass is 10.0. The van der Waals surface area contributed by atoms with Crippen molar-refractivity contribution < 1.29 is 14.3 Å². The number of carboxylic acid groups (broad SMARTS) is 1. The lowest BCUT2D eigenvalue weighted by Gasteiger charge is -2.15. The van der Waals surface area contributed by atoms with Gasteiger partial charge in [-0.05, 0) is 55.5 Å². The molecule has 0 spiro atoms. The van der Waals surface area contributed by atoms with Crippen molar-refractivity contribution in [1.82, 2.24) is 5.32 Å². The van der Waals surface area contributed by atoms with Crippen molar-refractivity contribution in [3.05, 3.63) is 35.1 Å². The second kappa shape index (κ2) is 6.31. The molecule has 2 rings (SSSR count). The number of hydrogen-bond acceptors (Lipinski definition) is 3. The molecule has 0 aliphatic carbocycles. The third-order valence-corrected chi connectivity index (χ3v) is 3.71. The molecule has 1 unspecified atom stereocenters. The van der Waals surface area contributed by atoms with E-state index >= 15 is 0 Å². The largest absolute Gasteiger partial charge is 0.480 e. The van der Waals surface area contributed by atoms with Crippen LogP contribution in [0.4, 0.5) is 0 Å². The zero-order chi connectivity index (χ0) is 15.6. The van der Waals surface area contributed by atoms with Crippen LogP contribution in [0.2, 0.25) is 0 Å². The highest BCUT2D eigenvalue weighted by atomic mass is 16.4. The van der Waals surface area contributed by atoms with E-state index in [0.29, 0.717) is 18.9 Å². The first-order valence-corrected chi connectivity index (χ1v) is 7.32. The first-order chi connectivity index (χ1) is 9.86. The van der Waals surface area contributed by atoms with E-state index in [-0.39, 0.29) is 0 Å². The van der Waals surface area contributed by atoms with Gasteiger partial charge in [0.05, 0.1) is 6.54 Å². The van der Waals surface area contributed by atoms with E-state index in [1.54, 1.807) is 0 Å². The Balaban J connectivity index is 2.10. The Kier molecular flexibility index (Phi) is 4.68. The van der Waals surface area contributed by atoms with E-state index in [1.165, 1.54) is 11.1 Å². The summed E-state index contributed by atoms with van der Waals surface area (Å²) in [5.74, 6) is 0.288. The Labute approximate surface area is 125 Å². The molecule has 2 N–H and O–H groups in total. The van der Waals surface area contributed by atoms with Gasteiger partial charge in [-0.2, -0.15) is 0 Å². The minimum atomic E-state index is -0.813. The Bertz CT molecular complexity index is 604. The summed E-state index contributed by atoms with van der Waals surface area (Å²) in [6.07, 6.45) is 0.605. The zero-order valence-electron chi connectivity index (χ0n) is 13.1. The Morgan fingerprint density at radius 3 is 2.52 bits per heavy atom. The highest BCUT2D eigenvalue weighted by Crippen LogP contribution is 2.23. The molecule has 114 valence electrons. The third kappa shape index (κ3) is 3.85. The lowest BCUT2D eigenvalue weighted by molar-refractivity contribution is -0.140. The second-order valence-corrected chi connectivity index (χ2v) is 6.09. The average Bonchev–Trinajstić information content (AvgIpc) is 2.76. The van der Waals surface area contributed by atoms with Gasteiger partial charge in [-0.25, -0.2) is 0 Å². The van der Waals surface area contributed by atoms with Crippen LogP contribution in [0.15, 0.2) is 22.6 Å². The van der Waals surface area contributed by atoms with Crippen LogP contribution in [0.1, 0.15) is 37.2 Å². The Hall–Kier alpha value is -1.81. The van der Waals surface area contributed by atoms with Crippen LogP contribution in [0.25, 0.3) is 11.0 Å². The van der Waals surface area contributed by atoms with Crippen LogP contribution < -0.4 is 5.32 Å². The summed E-state index contributed by atoms with van der Waals surface area (Å²) in [6.45, 7) is 8.59. The van der Waals surface area contributed by atoms with Gasteiger partial charge in [-0.15, -0.1) is 0 Å². The van der Waals surface area contributed by atoms with Crippen molar-refractivity contribution >= 4 is 16.9 Å². The van der Waals surface area contributed by atoms with E-state index in [1.807, 2.05) is 26.0 Å². The summed E-state index contributed by atoms with van der Waals surface area (Å²) in [4.78, 5) is 11.2. The molecule has 1 atom stereocenters. The highest BCUT2D eigenvalue weighted by molar-refractivity contribution is 5.79. The van der Waals surface area contributed by atoms with E-state index in [2.05, 4.69) is 25.2 Å². The maximum atomic E-state index is 11.2. The number of aryl methyl sites for hydroxylation is 2. The molecule has 21 heavy (non-hydrogen) atoms. The normalized spacial score (nSPS) is 13.0. The molecule has 4 heteroatoms. The molecule has 4 nitrogen and oxygen atoms in total. The summed E-state index contributed by atoms with van der Waals surface area (Å²) in [7, 11) is 0. The van der Waals surface area contributed by atoms with Crippen molar-refractivity contribution in [2.45, 2.75) is 46.7 Å². The molecule has 1 heterocycles. The number of furan rings is 1. The molecular formula is C17H23NO3. The van der Waals surface area contributed by atoms with Gasteiger partial charge >= 0.3 is 5.97 Å². The summed E-state index contributed by atoms with van der Waals surface area (Å²) in [6, 6.07) is 5.56. The van der Waals surface area contributed by atoms with Crippen LogP contribution >= 0.6 is 0 Å². The number of carbonyl (C=O) groups is 1. The molecule has 2 aromatic rings. The first-order valence-electron chi connectivity index (χ1n) is 7.32. The molecule has 1 aromatic heterocycles. The predicted octanol–water partition coefficient (Wildman–Crippen LogP) is 3.64. The minimum Gasteiger partial charge on any atom is -0.480 e. The maximum absolute atomic E-state index is 11.2. The molecular weight excluding hydrogens is 266 g/mol. The minimum absolute atomic E-state index is 0.333. The standard InChI is InChI=1S/C17H23NO3/c1-10(2)5-15(17(19)20)18-9-14-8-13-6-11(3)12(4)7-16(13)21-14/h6-8,10,15,18H,5,9H2,1-4H3,(H,19,20). The maximum Gasteiger partial charge on any atom is 0.320 e. The van der Waals surface area contributed by atoms with E-state index < -0.39 is 12.0 Å². The van der Waals surface area contributed by atoms with Gasteiger partial charge in [0.25, 0.3) is 0 Å². The number of nitrogens with one attached hydrogen (secondary N) is 1. The fourth-order valence-corrected chi connectivity index (χ4v) is 2.41. The predicted molar refractivity (Wildman–Crippen MR) is 83.4 cm³/mol. The van der Waals surface area contributed by atoms with Crippen molar-refractivity contribution in [2.75, 3.05) is 0 Å². The van der Waals surface area contributed by atoms with Crippen molar-refractivity contribution in [1.29, 1.82) is 0 Å². The van der Waals surface area contributed by atoms with Crippen LogP contribution in [0, 0.1) is 19.8 Å². The average molecular weight is 289 g/mol. The summed E-state index contributed by atoms with van der Waals surface area (Å²) in [5, 5.41) is 13.3. The SMILES string of the molecule is Cc1cc2cc(CNC(CC(C)C)C(=O)O)oc2cc1C. The zero-order valence-corrected chi connectivity index (χ0v) is 13.1. The molecule has 0 fully saturated rings. The quantitative estimate of drug-likeness (QED) is 0.852. The number of benzene rings is 1. The fraction of sp³-hybridized carbons (Fsp3) is 0.471. The molecule has 0 saturated carbocycles. The molecule has 0 radical (unpaired) electrons. The van der Waals surface area contributed by atoms with Gasteiger partial charge < -0.3 is 9.52 Å². The molecule has 1 aromatic carbocycles. The first kappa shape index (κ1) is 15.6. The van der Waals surface area contributed by atoms with Crippen LogP contribution in [-0.2, 0) is 11.3 Å². The number of carboxylic acids is 1. The number of fused-ring (bicyclic) bond motifs is 1. The molecule has 0 aliphatic rings. The summed E-state index contributed by atoms with van der Waals surface area (Å²) in [5.41, 5.74) is 3.27. The number of rotatable bonds is 6. The molecule has 0 bridgehead atoms. The van der Waals surface area contributed by atoms with Gasteiger partial charge in [0.2, 0.25) is 0 Å². The van der Waals surface area contributed by atoms with Crippen LogP contribution in [0.5, 0.6) is 0 Å². The van der Waals surface area contributed by atoms with Crippen LogP contribution in [0.3, 0.4) is 0 Å². The van der Waals surface area contributed by atoms with Gasteiger partial charge in [0, 0.05) is 5.39 Å². The van der Waals surface area contributed by atoms with Gasteiger partial charge in [0.15, 0.2) is 0 Å². The monoisotopic (exact) mass is 289 g/mol. The van der Waals surface area contributed by atoms with Crippen molar-refractivity contribution in [3.8, 4) is 0 Å². The molecule has 0 aliphatic heterocycles. The van der Waals surface area contributed by atoms with Crippen molar-refractivity contribution in [3.63, 3.8) is 0 Å².